The SMILES string of the molecule is CCCCCSC(N)=S.CCCCCSC(N)=S.[Zn]. The van der Waals surface area contributed by atoms with Gasteiger partial charge in [-0.3, -0.25) is 0 Å². The fourth-order valence-corrected chi connectivity index (χ4v) is 2.65. The van der Waals surface area contributed by atoms with Crippen molar-refractivity contribution in [1.82, 2.24) is 0 Å². The van der Waals surface area contributed by atoms with Crippen LogP contribution < -0.4 is 11.5 Å². The molecular formula is C12H26N2S4Zn. The molecule has 0 heterocycles. The fraction of sp³-hybridized carbons (Fsp3) is 0.833. The summed E-state index contributed by atoms with van der Waals surface area (Å²) in [6.45, 7) is 4.37. The second kappa shape index (κ2) is 21.4. The molecule has 110 valence electrons. The van der Waals surface area contributed by atoms with E-state index >= 15 is 0 Å². The van der Waals surface area contributed by atoms with Crippen LogP contribution in [-0.4, -0.2) is 20.1 Å². The summed E-state index contributed by atoms with van der Waals surface area (Å²) in [6.07, 6.45) is 7.57. The van der Waals surface area contributed by atoms with Gasteiger partial charge in [-0.25, -0.2) is 0 Å². The number of hydrogen-bond acceptors (Lipinski definition) is 4. The minimum atomic E-state index is 0. The third kappa shape index (κ3) is 32.5. The van der Waals surface area contributed by atoms with Crippen LogP contribution in [0.3, 0.4) is 0 Å². The Labute approximate surface area is 150 Å². The van der Waals surface area contributed by atoms with Gasteiger partial charge in [0.2, 0.25) is 0 Å². The molecule has 0 aromatic rings. The Balaban J connectivity index is -0.000000256. The number of thiocarbonyl (C=S) groups is 2. The van der Waals surface area contributed by atoms with Crippen molar-refractivity contribution in [1.29, 1.82) is 0 Å². The van der Waals surface area contributed by atoms with Crippen LogP contribution in [0.1, 0.15) is 52.4 Å². The first-order valence-electron chi connectivity index (χ1n) is 6.39. The van der Waals surface area contributed by atoms with Crippen LogP contribution >= 0.6 is 48.0 Å². The van der Waals surface area contributed by atoms with Gasteiger partial charge in [0.15, 0.2) is 0 Å². The Morgan fingerprint density at radius 1 is 0.789 bits per heavy atom. The normalized spacial score (nSPS) is 8.95. The van der Waals surface area contributed by atoms with E-state index in [1.165, 1.54) is 38.5 Å². The van der Waals surface area contributed by atoms with Crippen molar-refractivity contribution in [2.24, 2.45) is 11.5 Å². The van der Waals surface area contributed by atoms with Gasteiger partial charge in [-0.2, -0.15) is 0 Å². The zero-order chi connectivity index (χ0) is 14.2. The maximum Gasteiger partial charge on any atom is 0.131 e. The minimum Gasteiger partial charge on any atom is -0.385 e. The van der Waals surface area contributed by atoms with Crippen LogP contribution in [0.2, 0.25) is 0 Å². The molecule has 0 saturated heterocycles. The molecule has 7 heteroatoms. The second-order valence-electron chi connectivity index (χ2n) is 3.75. The Kier molecular flexibility index (Phi) is 28.3. The van der Waals surface area contributed by atoms with Gasteiger partial charge in [0, 0.05) is 31.0 Å². The number of hydrogen-bond donors (Lipinski definition) is 2. The molecule has 0 aliphatic rings. The molecule has 0 amide bonds. The summed E-state index contributed by atoms with van der Waals surface area (Å²) in [4.78, 5) is 0. The zero-order valence-corrected chi connectivity index (χ0v) is 18.4. The molecule has 0 unspecified atom stereocenters. The van der Waals surface area contributed by atoms with Crippen LogP contribution in [0.25, 0.3) is 0 Å². The predicted molar refractivity (Wildman–Crippen MR) is 97.5 cm³/mol. The molecule has 0 saturated carbocycles. The van der Waals surface area contributed by atoms with E-state index in [2.05, 4.69) is 38.3 Å². The van der Waals surface area contributed by atoms with Gasteiger partial charge >= 0.3 is 0 Å². The van der Waals surface area contributed by atoms with E-state index < -0.39 is 0 Å². The summed E-state index contributed by atoms with van der Waals surface area (Å²) < 4.78 is 1.15. The van der Waals surface area contributed by atoms with Crippen LogP contribution in [0.4, 0.5) is 0 Å². The van der Waals surface area contributed by atoms with Crippen molar-refractivity contribution in [3.63, 3.8) is 0 Å². The molecular weight excluding hydrogens is 366 g/mol. The summed E-state index contributed by atoms with van der Waals surface area (Å²) in [6, 6.07) is 0. The number of thioether (sulfide) groups is 2. The molecule has 0 fully saturated rings. The van der Waals surface area contributed by atoms with Crippen LogP contribution in [0, 0.1) is 0 Å². The molecule has 0 spiro atoms. The average Bonchev–Trinajstić information content (AvgIpc) is 2.31. The van der Waals surface area contributed by atoms with Gasteiger partial charge in [0.05, 0.1) is 0 Å². The maximum absolute atomic E-state index is 5.27. The molecule has 0 aliphatic heterocycles. The quantitative estimate of drug-likeness (QED) is 0.365. The van der Waals surface area contributed by atoms with E-state index in [4.69, 9.17) is 11.5 Å². The molecule has 0 radical (unpaired) electrons. The Bertz CT molecular complexity index is 194. The van der Waals surface area contributed by atoms with Gasteiger partial charge in [0.25, 0.3) is 0 Å². The molecule has 0 aliphatic carbocycles. The Morgan fingerprint density at radius 2 is 1.11 bits per heavy atom. The van der Waals surface area contributed by atoms with Crippen molar-refractivity contribution in [2.45, 2.75) is 52.4 Å². The van der Waals surface area contributed by atoms with Crippen molar-refractivity contribution in [2.75, 3.05) is 11.5 Å². The summed E-state index contributed by atoms with van der Waals surface area (Å²) in [5.74, 6) is 2.17. The molecule has 0 aromatic heterocycles. The molecule has 0 aromatic carbocycles. The molecule has 4 N–H and O–H groups in total. The number of nitrogens with two attached hydrogens (primary N) is 2. The van der Waals surface area contributed by atoms with E-state index in [9.17, 15) is 0 Å². The smallest absolute Gasteiger partial charge is 0.131 e. The zero-order valence-electron chi connectivity index (χ0n) is 12.2. The van der Waals surface area contributed by atoms with Gasteiger partial charge < -0.3 is 11.5 Å². The maximum atomic E-state index is 5.27. The van der Waals surface area contributed by atoms with E-state index in [1.54, 1.807) is 23.5 Å². The minimum absolute atomic E-state index is 0. The van der Waals surface area contributed by atoms with Gasteiger partial charge in [-0.1, -0.05) is 87.5 Å². The third-order valence-corrected chi connectivity index (χ3v) is 4.25. The van der Waals surface area contributed by atoms with Gasteiger partial charge in [0.1, 0.15) is 8.64 Å². The van der Waals surface area contributed by atoms with Crippen LogP contribution in [-0.2, 0) is 19.5 Å². The largest absolute Gasteiger partial charge is 0.385 e. The van der Waals surface area contributed by atoms with Gasteiger partial charge in [-0.15, -0.1) is 0 Å². The monoisotopic (exact) mass is 390 g/mol. The third-order valence-electron chi connectivity index (χ3n) is 1.98. The van der Waals surface area contributed by atoms with Crippen molar-refractivity contribution in [3.8, 4) is 0 Å². The molecule has 0 rings (SSSR count). The van der Waals surface area contributed by atoms with Crippen LogP contribution in [0.15, 0.2) is 0 Å². The van der Waals surface area contributed by atoms with E-state index in [-0.39, 0.29) is 19.5 Å². The van der Waals surface area contributed by atoms with Crippen molar-refractivity contribution in [3.05, 3.63) is 0 Å². The van der Waals surface area contributed by atoms with Crippen LogP contribution in [0.5, 0.6) is 0 Å². The van der Waals surface area contributed by atoms with Crippen molar-refractivity contribution < 1.29 is 19.5 Å². The summed E-state index contributed by atoms with van der Waals surface area (Å²) >= 11 is 12.5. The summed E-state index contributed by atoms with van der Waals surface area (Å²) in [5, 5.41) is 0. The standard InChI is InChI=1S/2C6H13NS2.Zn/c2*1-2-3-4-5-9-6(7)8;/h2*2-5H2,1H3,(H2,7,8);. The number of unbranched alkanes of at least 4 members (excludes halogenated alkanes) is 4. The van der Waals surface area contributed by atoms with Crippen molar-refractivity contribution >= 4 is 56.6 Å². The number of rotatable bonds is 8. The summed E-state index contributed by atoms with van der Waals surface area (Å²) in [7, 11) is 0. The fourth-order valence-electron chi connectivity index (χ4n) is 1.05. The second-order valence-corrected chi connectivity index (χ2v) is 7.42. The first-order chi connectivity index (χ1) is 8.54. The molecule has 2 nitrogen and oxygen atoms in total. The molecule has 19 heavy (non-hydrogen) atoms. The van der Waals surface area contributed by atoms with E-state index in [1.807, 2.05) is 0 Å². The molecule has 0 atom stereocenters. The summed E-state index contributed by atoms with van der Waals surface area (Å²) in [5.41, 5.74) is 10.5. The first kappa shape index (κ1) is 25.1. The Hall–Kier alpha value is 1.10. The topological polar surface area (TPSA) is 52.0 Å². The Morgan fingerprint density at radius 3 is 1.32 bits per heavy atom. The van der Waals surface area contributed by atoms with E-state index in [0.717, 1.165) is 11.5 Å². The first-order valence-corrected chi connectivity index (χ1v) is 9.17. The average molecular weight is 392 g/mol. The van der Waals surface area contributed by atoms with E-state index in [0.29, 0.717) is 8.64 Å². The van der Waals surface area contributed by atoms with Gasteiger partial charge in [-0.05, 0) is 12.8 Å². The molecule has 0 bridgehead atoms. The predicted octanol–water partition coefficient (Wildman–Crippen LogP) is 4.30.